The highest BCUT2D eigenvalue weighted by atomic mass is 19.1. The Kier molecular flexibility index (Phi) is 6.26. The van der Waals surface area contributed by atoms with Crippen LogP contribution in [0.4, 0.5) is 15.8 Å². The number of carbonyl (C=O) groups is 3. The highest BCUT2D eigenvalue weighted by molar-refractivity contribution is 6.02. The van der Waals surface area contributed by atoms with Crippen molar-refractivity contribution in [1.82, 2.24) is 5.32 Å². The summed E-state index contributed by atoms with van der Waals surface area (Å²) in [4.78, 5) is 38.9. The summed E-state index contributed by atoms with van der Waals surface area (Å²) >= 11 is 0. The zero-order chi connectivity index (χ0) is 21.0. The number of halogens is 1. The SMILES string of the molecule is CC(C)C(NC(=O)c1ccc(F)cc1)C(=O)Nc1cccc(N2CCCC2=O)c1. The molecule has 0 bridgehead atoms. The average Bonchev–Trinajstić information content (AvgIpc) is 3.12. The summed E-state index contributed by atoms with van der Waals surface area (Å²) in [6.45, 7) is 4.32. The van der Waals surface area contributed by atoms with E-state index in [0.29, 0.717) is 18.7 Å². The van der Waals surface area contributed by atoms with Crippen LogP contribution < -0.4 is 15.5 Å². The number of anilines is 2. The van der Waals surface area contributed by atoms with E-state index in [2.05, 4.69) is 10.6 Å². The Morgan fingerprint density at radius 2 is 1.83 bits per heavy atom. The van der Waals surface area contributed by atoms with Crippen molar-refractivity contribution in [2.75, 3.05) is 16.8 Å². The molecule has 3 amide bonds. The van der Waals surface area contributed by atoms with Gasteiger partial charge in [-0.2, -0.15) is 0 Å². The summed E-state index contributed by atoms with van der Waals surface area (Å²) in [5.74, 6) is -1.34. The molecule has 0 aromatic heterocycles. The molecule has 7 heteroatoms. The highest BCUT2D eigenvalue weighted by Gasteiger charge is 2.26. The van der Waals surface area contributed by atoms with Crippen molar-refractivity contribution in [2.45, 2.75) is 32.7 Å². The molecule has 1 aliphatic heterocycles. The van der Waals surface area contributed by atoms with Crippen molar-refractivity contribution in [1.29, 1.82) is 0 Å². The summed E-state index contributed by atoms with van der Waals surface area (Å²) in [6.07, 6.45) is 1.35. The molecule has 6 nitrogen and oxygen atoms in total. The smallest absolute Gasteiger partial charge is 0.251 e. The molecule has 1 fully saturated rings. The highest BCUT2D eigenvalue weighted by Crippen LogP contribution is 2.24. The number of nitrogens with zero attached hydrogens (tertiary/aromatic N) is 1. The fraction of sp³-hybridized carbons (Fsp3) is 0.318. The van der Waals surface area contributed by atoms with E-state index < -0.39 is 17.8 Å². The van der Waals surface area contributed by atoms with Gasteiger partial charge in [0.1, 0.15) is 11.9 Å². The Hall–Kier alpha value is -3.22. The second-order valence-corrected chi connectivity index (χ2v) is 7.39. The summed E-state index contributed by atoms with van der Waals surface area (Å²) in [5.41, 5.74) is 1.56. The number of nitrogens with one attached hydrogen (secondary N) is 2. The first kappa shape index (κ1) is 20.5. The first-order valence-corrected chi connectivity index (χ1v) is 9.63. The van der Waals surface area contributed by atoms with Gasteiger partial charge in [0.25, 0.3) is 5.91 Å². The molecule has 1 heterocycles. The van der Waals surface area contributed by atoms with Crippen LogP contribution in [0.15, 0.2) is 48.5 Å². The number of amides is 3. The number of benzene rings is 2. The quantitative estimate of drug-likeness (QED) is 0.785. The molecule has 0 spiro atoms. The van der Waals surface area contributed by atoms with Crippen LogP contribution in [0.1, 0.15) is 37.0 Å². The van der Waals surface area contributed by atoms with Crippen LogP contribution in [-0.4, -0.2) is 30.3 Å². The second-order valence-electron chi connectivity index (χ2n) is 7.39. The van der Waals surface area contributed by atoms with Crippen molar-refractivity contribution in [2.24, 2.45) is 5.92 Å². The van der Waals surface area contributed by atoms with Gasteiger partial charge in [0.2, 0.25) is 11.8 Å². The summed E-state index contributed by atoms with van der Waals surface area (Å²) in [5, 5.41) is 5.53. The maximum atomic E-state index is 13.1. The van der Waals surface area contributed by atoms with Crippen molar-refractivity contribution >= 4 is 29.1 Å². The van der Waals surface area contributed by atoms with Gasteiger partial charge in [-0.1, -0.05) is 19.9 Å². The van der Waals surface area contributed by atoms with Crippen LogP contribution in [0.5, 0.6) is 0 Å². The maximum absolute atomic E-state index is 13.1. The molecule has 152 valence electrons. The van der Waals surface area contributed by atoms with E-state index in [1.807, 2.05) is 19.9 Å². The Labute approximate surface area is 169 Å². The molecule has 1 atom stereocenters. The van der Waals surface area contributed by atoms with E-state index in [1.54, 1.807) is 23.1 Å². The van der Waals surface area contributed by atoms with Crippen LogP contribution in [0.2, 0.25) is 0 Å². The standard InChI is InChI=1S/C22H24FN3O3/c1-14(2)20(25-21(28)15-8-10-16(23)11-9-15)22(29)24-17-5-3-6-18(13-17)26-12-4-7-19(26)27/h3,5-6,8-11,13-14,20H,4,7,12H2,1-2H3,(H,24,29)(H,25,28). The third kappa shape index (κ3) is 4.99. The van der Waals surface area contributed by atoms with E-state index in [0.717, 1.165) is 12.1 Å². The van der Waals surface area contributed by atoms with Crippen LogP contribution in [-0.2, 0) is 9.59 Å². The van der Waals surface area contributed by atoms with E-state index in [-0.39, 0.29) is 23.3 Å². The topological polar surface area (TPSA) is 78.5 Å². The molecule has 1 saturated heterocycles. The van der Waals surface area contributed by atoms with Crippen molar-refractivity contribution in [3.63, 3.8) is 0 Å². The van der Waals surface area contributed by atoms with Gasteiger partial charge in [0, 0.05) is 29.9 Å². The van der Waals surface area contributed by atoms with Gasteiger partial charge in [-0.15, -0.1) is 0 Å². The zero-order valence-corrected chi connectivity index (χ0v) is 16.4. The number of hydrogen-bond acceptors (Lipinski definition) is 3. The second kappa shape index (κ2) is 8.86. The third-order valence-electron chi connectivity index (χ3n) is 4.84. The summed E-state index contributed by atoms with van der Waals surface area (Å²) in [6, 6.07) is 11.5. The lowest BCUT2D eigenvalue weighted by atomic mass is 10.0. The van der Waals surface area contributed by atoms with E-state index in [4.69, 9.17) is 0 Å². The van der Waals surface area contributed by atoms with Gasteiger partial charge in [-0.3, -0.25) is 14.4 Å². The Morgan fingerprint density at radius 3 is 2.45 bits per heavy atom. The monoisotopic (exact) mass is 397 g/mol. The Bertz CT molecular complexity index is 912. The number of rotatable bonds is 6. The minimum atomic E-state index is -0.773. The van der Waals surface area contributed by atoms with E-state index in [9.17, 15) is 18.8 Å². The van der Waals surface area contributed by atoms with Crippen LogP contribution in [0.25, 0.3) is 0 Å². The molecule has 0 radical (unpaired) electrons. The molecule has 2 aromatic rings. The van der Waals surface area contributed by atoms with Gasteiger partial charge < -0.3 is 15.5 Å². The Balaban J connectivity index is 1.70. The van der Waals surface area contributed by atoms with Crippen LogP contribution in [0.3, 0.4) is 0 Å². The summed E-state index contributed by atoms with van der Waals surface area (Å²) in [7, 11) is 0. The van der Waals surface area contributed by atoms with Crippen molar-refractivity contribution < 1.29 is 18.8 Å². The van der Waals surface area contributed by atoms with Crippen LogP contribution >= 0.6 is 0 Å². The maximum Gasteiger partial charge on any atom is 0.251 e. The minimum absolute atomic E-state index is 0.0695. The lowest BCUT2D eigenvalue weighted by Gasteiger charge is -2.22. The van der Waals surface area contributed by atoms with Gasteiger partial charge in [0.15, 0.2) is 0 Å². The van der Waals surface area contributed by atoms with Gasteiger partial charge in [0.05, 0.1) is 0 Å². The first-order valence-electron chi connectivity index (χ1n) is 9.63. The Morgan fingerprint density at radius 1 is 1.10 bits per heavy atom. The first-order chi connectivity index (χ1) is 13.8. The molecule has 2 aromatic carbocycles. The predicted octanol–water partition coefficient (Wildman–Crippen LogP) is 3.35. The molecule has 1 aliphatic rings. The van der Waals surface area contributed by atoms with E-state index >= 15 is 0 Å². The molecule has 0 aliphatic carbocycles. The largest absolute Gasteiger partial charge is 0.340 e. The van der Waals surface area contributed by atoms with Gasteiger partial charge in [-0.05, 0) is 54.8 Å². The summed E-state index contributed by atoms with van der Waals surface area (Å²) < 4.78 is 13.1. The molecular weight excluding hydrogens is 373 g/mol. The van der Waals surface area contributed by atoms with E-state index in [1.165, 1.54) is 24.3 Å². The molecule has 0 saturated carbocycles. The molecular formula is C22H24FN3O3. The van der Waals surface area contributed by atoms with Crippen molar-refractivity contribution in [3.05, 3.63) is 59.9 Å². The lowest BCUT2D eigenvalue weighted by molar-refractivity contribution is -0.119. The zero-order valence-electron chi connectivity index (χ0n) is 16.4. The fourth-order valence-electron chi connectivity index (χ4n) is 3.25. The molecule has 2 N–H and O–H groups in total. The average molecular weight is 397 g/mol. The minimum Gasteiger partial charge on any atom is -0.340 e. The number of hydrogen-bond donors (Lipinski definition) is 2. The third-order valence-corrected chi connectivity index (χ3v) is 4.84. The number of carbonyl (C=O) groups excluding carboxylic acids is 3. The molecule has 3 rings (SSSR count). The normalized spacial score (nSPS) is 14.8. The molecule has 29 heavy (non-hydrogen) atoms. The fourth-order valence-corrected chi connectivity index (χ4v) is 3.25. The molecule has 1 unspecified atom stereocenters. The van der Waals surface area contributed by atoms with Crippen LogP contribution in [0, 0.1) is 11.7 Å². The predicted molar refractivity (Wildman–Crippen MR) is 109 cm³/mol. The lowest BCUT2D eigenvalue weighted by Crippen LogP contribution is -2.47. The van der Waals surface area contributed by atoms with Gasteiger partial charge in [-0.25, -0.2) is 4.39 Å². The van der Waals surface area contributed by atoms with Crippen molar-refractivity contribution in [3.8, 4) is 0 Å². The van der Waals surface area contributed by atoms with Gasteiger partial charge >= 0.3 is 0 Å².